The summed E-state index contributed by atoms with van der Waals surface area (Å²) >= 11 is 1.50. The Kier molecular flexibility index (Phi) is 8.13. The SMILES string of the molecule is CCN(Cc1ccccc1)S(=O)(=O)c1ccc(C(=O)N(CC2CCCO2)c2nc3c(C)ccc(C)c3s2)cc1. The number of aryl methyl sites for hydroxylation is 2. The van der Waals surface area contributed by atoms with Gasteiger partial charge in [-0.3, -0.25) is 9.69 Å². The molecule has 1 atom stereocenters. The summed E-state index contributed by atoms with van der Waals surface area (Å²) in [5.41, 5.74) is 4.41. The number of carbonyl (C=O) groups excluding carboxylic acids is 1. The molecule has 9 heteroatoms. The number of thiazole rings is 1. The molecule has 1 amide bonds. The highest BCUT2D eigenvalue weighted by molar-refractivity contribution is 7.89. The van der Waals surface area contributed by atoms with E-state index in [0.29, 0.717) is 30.4 Å². The van der Waals surface area contributed by atoms with Crippen molar-refractivity contribution in [2.75, 3.05) is 24.6 Å². The second kappa shape index (κ2) is 11.6. The molecule has 0 radical (unpaired) electrons. The van der Waals surface area contributed by atoms with Gasteiger partial charge in [0.15, 0.2) is 5.13 Å². The predicted octanol–water partition coefficient (Wildman–Crippen LogP) is 5.95. The Morgan fingerprint density at radius 2 is 1.74 bits per heavy atom. The van der Waals surface area contributed by atoms with Crippen molar-refractivity contribution in [2.45, 2.75) is 51.2 Å². The lowest BCUT2D eigenvalue weighted by molar-refractivity contribution is 0.0917. The van der Waals surface area contributed by atoms with Gasteiger partial charge in [-0.25, -0.2) is 13.4 Å². The predicted molar refractivity (Wildman–Crippen MR) is 156 cm³/mol. The maximum atomic E-state index is 13.8. The number of ether oxygens (including phenoxy) is 1. The number of hydrogen-bond donors (Lipinski definition) is 0. The molecule has 0 saturated carbocycles. The van der Waals surface area contributed by atoms with Crippen LogP contribution in [0.1, 0.15) is 46.8 Å². The zero-order chi connectivity index (χ0) is 27.6. The fourth-order valence-electron chi connectivity index (χ4n) is 4.83. The van der Waals surface area contributed by atoms with Gasteiger partial charge in [0.2, 0.25) is 10.0 Å². The van der Waals surface area contributed by atoms with Crippen molar-refractivity contribution in [2.24, 2.45) is 0 Å². The Balaban J connectivity index is 1.43. The normalized spacial score (nSPS) is 15.7. The van der Waals surface area contributed by atoms with Crippen molar-refractivity contribution in [3.63, 3.8) is 0 Å². The van der Waals surface area contributed by atoms with Crippen LogP contribution in [0, 0.1) is 13.8 Å². The maximum absolute atomic E-state index is 13.8. The van der Waals surface area contributed by atoms with Crippen molar-refractivity contribution < 1.29 is 17.9 Å². The molecule has 1 unspecified atom stereocenters. The summed E-state index contributed by atoms with van der Waals surface area (Å²) in [4.78, 5) is 20.6. The number of aromatic nitrogens is 1. The molecule has 1 aliphatic heterocycles. The van der Waals surface area contributed by atoms with E-state index >= 15 is 0 Å². The van der Waals surface area contributed by atoms with Gasteiger partial charge >= 0.3 is 0 Å². The highest BCUT2D eigenvalue weighted by Crippen LogP contribution is 2.34. The highest BCUT2D eigenvalue weighted by Gasteiger charge is 2.29. The lowest BCUT2D eigenvalue weighted by atomic mass is 10.1. The molecule has 204 valence electrons. The topological polar surface area (TPSA) is 79.8 Å². The molecule has 1 aromatic heterocycles. The number of fused-ring (bicyclic) bond motifs is 1. The minimum Gasteiger partial charge on any atom is -0.376 e. The van der Waals surface area contributed by atoms with E-state index in [1.165, 1.54) is 27.8 Å². The summed E-state index contributed by atoms with van der Waals surface area (Å²) < 4.78 is 35.2. The number of sulfonamides is 1. The Bertz CT molecular complexity index is 1520. The minimum atomic E-state index is -3.73. The van der Waals surface area contributed by atoms with Crippen molar-refractivity contribution in [3.05, 3.63) is 89.0 Å². The molecule has 4 aromatic rings. The minimum absolute atomic E-state index is 0.0566. The maximum Gasteiger partial charge on any atom is 0.260 e. The molecule has 0 spiro atoms. The summed E-state index contributed by atoms with van der Waals surface area (Å²) in [6.07, 6.45) is 1.80. The number of hydrogen-bond acceptors (Lipinski definition) is 6. The van der Waals surface area contributed by atoms with Crippen LogP contribution in [-0.2, 0) is 21.3 Å². The van der Waals surface area contributed by atoms with E-state index in [1.807, 2.05) is 57.2 Å². The van der Waals surface area contributed by atoms with E-state index in [-0.39, 0.29) is 23.5 Å². The fraction of sp³-hybridized carbons (Fsp3) is 0.333. The molecule has 0 aliphatic carbocycles. The van der Waals surface area contributed by atoms with Crippen LogP contribution in [0.4, 0.5) is 5.13 Å². The van der Waals surface area contributed by atoms with E-state index in [4.69, 9.17) is 9.72 Å². The van der Waals surface area contributed by atoms with Crippen molar-refractivity contribution in [3.8, 4) is 0 Å². The Morgan fingerprint density at radius 1 is 1.03 bits per heavy atom. The molecule has 2 heterocycles. The van der Waals surface area contributed by atoms with Crippen LogP contribution in [0.25, 0.3) is 10.2 Å². The van der Waals surface area contributed by atoms with Gasteiger partial charge in [-0.05, 0) is 67.6 Å². The lowest BCUT2D eigenvalue weighted by Crippen LogP contribution is -2.37. The summed E-state index contributed by atoms with van der Waals surface area (Å²) in [6.45, 7) is 7.60. The smallest absolute Gasteiger partial charge is 0.260 e. The first kappa shape index (κ1) is 27.5. The third-order valence-electron chi connectivity index (χ3n) is 7.11. The molecule has 7 nitrogen and oxygen atoms in total. The van der Waals surface area contributed by atoms with Gasteiger partial charge in [-0.15, -0.1) is 0 Å². The molecule has 1 saturated heterocycles. The van der Waals surface area contributed by atoms with Crippen molar-refractivity contribution in [1.29, 1.82) is 0 Å². The van der Waals surface area contributed by atoms with Crippen LogP contribution < -0.4 is 4.90 Å². The first-order valence-electron chi connectivity index (χ1n) is 13.2. The number of rotatable bonds is 9. The first-order valence-corrected chi connectivity index (χ1v) is 15.5. The van der Waals surface area contributed by atoms with Crippen LogP contribution in [0.5, 0.6) is 0 Å². The highest BCUT2D eigenvalue weighted by atomic mass is 32.2. The molecular weight excluding hydrogens is 530 g/mol. The zero-order valence-electron chi connectivity index (χ0n) is 22.5. The largest absolute Gasteiger partial charge is 0.376 e. The third-order valence-corrected chi connectivity index (χ3v) is 10.3. The van der Waals surface area contributed by atoms with E-state index in [1.54, 1.807) is 17.0 Å². The van der Waals surface area contributed by atoms with Gasteiger partial charge < -0.3 is 4.74 Å². The van der Waals surface area contributed by atoms with Crippen LogP contribution in [0.3, 0.4) is 0 Å². The Labute approximate surface area is 234 Å². The molecule has 39 heavy (non-hydrogen) atoms. The second-order valence-electron chi connectivity index (χ2n) is 9.87. The van der Waals surface area contributed by atoms with Gasteiger partial charge in [0.25, 0.3) is 5.91 Å². The summed E-state index contributed by atoms with van der Waals surface area (Å²) in [5.74, 6) is -0.222. The Hall–Kier alpha value is -3.11. The monoisotopic (exact) mass is 563 g/mol. The number of nitrogens with zero attached hydrogens (tertiary/aromatic N) is 3. The standard InChI is InChI=1S/C30H33N3O4S2/c1-4-32(19-23-9-6-5-7-10-23)39(35,36)26-16-14-24(15-17-26)29(34)33(20-25-11-8-18-37-25)30-31-27-21(2)12-13-22(3)28(27)38-30/h5-7,9-10,12-17,25H,4,8,11,18-20H2,1-3H3. The van der Waals surface area contributed by atoms with Gasteiger partial charge in [-0.2, -0.15) is 4.31 Å². The zero-order valence-corrected chi connectivity index (χ0v) is 24.1. The van der Waals surface area contributed by atoms with E-state index in [0.717, 1.165) is 39.7 Å². The summed E-state index contributed by atoms with van der Waals surface area (Å²) in [6, 6.07) is 19.9. The quantitative estimate of drug-likeness (QED) is 0.251. The van der Waals surface area contributed by atoms with E-state index in [9.17, 15) is 13.2 Å². The van der Waals surface area contributed by atoms with Crippen LogP contribution in [-0.4, -0.2) is 49.4 Å². The lowest BCUT2D eigenvalue weighted by Gasteiger charge is -2.23. The molecule has 1 aliphatic rings. The second-order valence-corrected chi connectivity index (χ2v) is 12.8. The van der Waals surface area contributed by atoms with Crippen molar-refractivity contribution >= 4 is 42.6 Å². The average Bonchev–Trinajstić information content (AvgIpc) is 3.64. The van der Waals surface area contributed by atoms with Crippen molar-refractivity contribution in [1.82, 2.24) is 9.29 Å². The van der Waals surface area contributed by atoms with Crippen LogP contribution in [0.15, 0.2) is 71.6 Å². The number of benzene rings is 3. The molecule has 5 rings (SSSR count). The molecular formula is C30H33N3O4S2. The van der Waals surface area contributed by atoms with E-state index < -0.39 is 10.0 Å². The van der Waals surface area contributed by atoms with Crippen LogP contribution in [0.2, 0.25) is 0 Å². The molecule has 0 bridgehead atoms. The molecule has 1 fully saturated rings. The molecule has 0 N–H and O–H groups in total. The van der Waals surface area contributed by atoms with Gasteiger partial charge in [0.1, 0.15) is 0 Å². The number of carbonyl (C=O) groups is 1. The van der Waals surface area contributed by atoms with Gasteiger partial charge in [-0.1, -0.05) is 60.7 Å². The Morgan fingerprint density at radius 3 is 2.38 bits per heavy atom. The molecule has 3 aromatic carbocycles. The van der Waals surface area contributed by atoms with E-state index in [2.05, 4.69) is 6.07 Å². The van der Waals surface area contributed by atoms with Gasteiger partial charge in [0, 0.05) is 25.3 Å². The average molecular weight is 564 g/mol. The number of anilines is 1. The third kappa shape index (κ3) is 5.77. The number of amides is 1. The first-order chi connectivity index (χ1) is 18.8. The van der Waals surface area contributed by atoms with Crippen LogP contribution >= 0.6 is 11.3 Å². The fourth-order valence-corrected chi connectivity index (χ4v) is 7.39. The summed E-state index contributed by atoms with van der Waals surface area (Å²) in [7, 11) is -3.73. The van der Waals surface area contributed by atoms with Gasteiger partial charge in [0.05, 0.1) is 27.8 Å². The summed E-state index contributed by atoms with van der Waals surface area (Å²) in [5, 5.41) is 0.625.